The summed E-state index contributed by atoms with van der Waals surface area (Å²) in [6, 6.07) is 7.54. The summed E-state index contributed by atoms with van der Waals surface area (Å²) in [7, 11) is -2.18. The van der Waals surface area contributed by atoms with Crippen LogP contribution >= 0.6 is 22.9 Å². The molecule has 1 saturated carbocycles. The molecule has 2 aliphatic rings. The molecule has 0 saturated heterocycles. The number of aliphatic hydroxyl groups excluding tert-OH is 1. The summed E-state index contributed by atoms with van der Waals surface area (Å²) >= 11 is 7.93. The number of fused-ring (bicyclic) bond motifs is 1. The number of aryl methyl sites for hydroxylation is 1. The zero-order chi connectivity index (χ0) is 37.6. The van der Waals surface area contributed by atoms with Crippen LogP contribution in [0.3, 0.4) is 0 Å². The highest BCUT2D eigenvalue weighted by atomic mass is 35.5. The van der Waals surface area contributed by atoms with Gasteiger partial charge in [-0.3, -0.25) is 9.69 Å². The Kier molecular flexibility index (Phi) is 11.5. The molecule has 1 aliphatic heterocycles. The summed E-state index contributed by atoms with van der Waals surface area (Å²) in [5.41, 5.74) is 2.58. The lowest BCUT2D eigenvalue weighted by molar-refractivity contribution is 0.0195. The van der Waals surface area contributed by atoms with Gasteiger partial charge in [-0.2, -0.15) is 0 Å². The average molecular weight is 755 g/mol. The summed E-state index contributed by atoms with van der Waals surface area (Å²) in [6.07, 6.45) is 3.84. The van der Waals surface area contributed by atoms with E-state index in [1.165, 1.54) is 22.6 Å². The van der Waals surface area contributed by atoms with E-state index in [9.17, 15) is 19.8 Å². The highest BCUT2D eigenvalue weighted by Gasteiger charge is 2.56. The minimum atomic E-state index is -2.18. The lowest BCUT2D eigenvalue weighted by Crippen LogP contribution is -2.60. The fourth-order valence-corrected chi connectivity index (χ4v) is 16.3. The van der Waals surface area contributed by atoms with Crippen LogP contribution in [-0.2, 0) is 16.4 Å². The molecule has 1 aromatic carbocycles. The fourth-order valence-electron chi connectivity index (χ4n) is 9.49. The number of benzene rings is 1. The number of carbonyl (C=O) groups is 2. The molecule has 9 nitrogen and oxygen atoms in total. The van der Waals surface area contributed by atoms with Crippen LogP contribution in [0.1, 0.15) is 112 Å². The quantitative estimate of drug-likeness (QED) is 0.131. The Hall–Kier alpha value is -2.83. The second-order valence-electron chi connectivity index (χ2n) is 16.4. The molecule has 5 rings (SSSR count). The molecule has 0 unspecified atom stereocenters. The molecule has 4 atom stereocenters. The Morgan fingerprint density at radius 2 is 1.76 bits per heavy atom. The molecule has 0 spiro atoms. The van der Waals surface area contributed by atoms with Gasteiger partial charge in [-0.05, 0) is 83.1 Å². The summed E-state index contributed by atoms with van der Waals surface area (Å²) in [4.78, 5) is 39.1. The second-order valence-corrected chi connectivity index (χ2v) is 23.5. The van der Waals surface area contributed by atoms with Gasteiger partial charge in [0, 0.05) is 41.2 Å². The van der Waals surface area contributed by atoms with E-state index >= 15 is 0 Å². The topological polar surface area (TPSA) is 125 Å². The Morgan fingerprint density at radius 1 is 1.10 bits per heavy atom. The molecular weight excluding hydrogens is 700 g/mol. The molecule has 1 amide bonds. The molecule has 1 fully saturated rings. The number of aliphatic hydroxyl groups is 1. The first-order chi connectivity index (χ1) is 23.9. The van der Waals surface area contributed by atoms with Crippen LogP contribution in [0.4, 0.5) is 10.6 Å². The number of rotatable bonds is 11. The van der Waals surface area contributed by atoms with Crippen LogP contribution in [-0.4, -0.2) is 70.6 Å². The summed E-state index contributed by atoms with van der Waals surface area (Å²) in [5.74, 6) is 0.185. The van der Waals surface area contributed by atoms with E-state index in [-0.39, 0.29) is 30.5 Å². The first-order valence-corrected chi connectivity index (χ1v) is 21.5. The zero-order valence-electron chi connectivity index (χ0n) is 31.7. The van der Waals surface area contributed by atoms with Crippen LogP contribution in [0.5, 0.6) is 0 Å². The van der Waals surface area contributed by atoms with Gasteiger partial charge in [0.1, 0.15) is 17.7 Å². The molecule has 3 N–H and O–H groups in total. The van der Waals surface area contributed by atoms with E-state index in [1.807, 2.05) is 52.0 Å². The number of anilines is 1. The molecule has 3 heterocycles. The first-order valence-electron chi connectivity index (χ1n) is 18.2. The predicted molar refractivity (Wildman–Crippen MR) is 208 cm³/mol. The van der Waals surface area contributed by atoms with Crippen molar-refractivity contribution in [3.63, 3.8) is 0 Å². The van der Waals surface area contributed by atoms with Crippen molar-refractivity contribution in [3.05, 3.63) is 73.8 Å². The van der Waals surface area contributed by atoms with Crippen LogP contribution in [0, 0.1) is 18.3 Å². The van der Waals surface area contributed by atoms with Crippen LogP contribution in [0.2, 0.25) is 21.6 Å². The number of hydrogen-bond acceptors (Lipinski definition) is 8. The Labute approximate surface area is 313 Å². The number of hydrogen-bond donors (Lipinski definition) is 3. The minimum Gasteiger partial charge on any atom is -0.465 e. The zero-order valence-corrected chi connectivity index (χ0v) is 34.3. The fraction of sp³-hybridized carbons (Fsp3) is 0.590. The number of amides is 1. The van der Waals surface area contributed by atoms with Gasteiger partial charge in [0.15, 0.2) is 0 Å². The van der Waals surface area contributed by atoms with Crippen LogP contribution in [0.25, 0.3) is 0 Å². The molecular formula is C39H55ClN4O5SSi. The normalized spacial score (nSPS) is 22.6. The minimum absolute atomic E-state index is 0.0215. The van der Waals surface area contributed by atoms with E-state index in [2.05, 4.69) is 56.8 Å². The predicted octanol–water partition coefficient (Wildman–Crippen LogP) is 9.30. The summed E-state index contributed by atoms with van der Waals surface area (Å²) < 4.78 is 7.16. The molecule has 278 valence electrons. The van der Waals surface area contributed by atoms with Gasteiger partial charge in [-0.1, -0.05) is 80.0 Å². The van der Waals surface area contributed by atoms with E-state index in [4.69, 9.17) is 16.0 Å². The third-order valence-electron chi connectivity index (χ3n) is 11.5. The lowest BCUT2D eigenvalue weighted by atomic mass is 9.61. The maximum Gasteiger partial charge on any atom is 0.408 e. The third-order valence-corrected chi connectivity index (χ3v) is 19.0. The average Bonchev–Trinajstić information content (AvgIpc) is 3.63. The highest BCUT2D eigenvalue weighted by molar-refractivity contribution is 7.14. The Morgan fingerprint density at radius 3 is 2.35 bits per heavy atom. The molecule has 0 radical (unpaired) electrons. The van der Waals surface area contributed by atoms with Gasteiger partial charge in [-0.15, -0.1) is 11.3 Å². The van der Waals surface area contributed by atoms with Gasteiger partial charge >= 0.3 is 6.09 Å². The Balaban J connectivity index is 1.50. The number of carboxylic acid groups (broad SMARTS) is 1. The van der Waals surface area contributed by atoms with Gasteiger partial charge < -0.3 is 20.0 Å². The van der Waals surface area contributed by atoms with Gasteiger partial charge in [0.2, 0.25) is 14.1 Å². The van der Waals surface area contributed by atoms with Crippen molar-refractivity contribution >= 4 is 48.9 Å². The van der Waals surface area contributed by atoms with E-state index in [1.54, 1.807) is 6.20 Å². The Bertz CT molecular complexity index is 1740. The number of aromatic nitrogens is 2. The number of nitrogens with one attached hydrogen (secondary N) is 1. The number of carbonyl (C=O) groups excluding carboxylic acids is 1. The largest absolute Gasteiger partial charge is 0.465 e. The van der Waals surface area contributed by atoms with Gasteiger partial charge in [0.05, 0.1) is 16.5 Å². The van der Waals surface area contributed by atoms with Crippen molar-refractivity contribution in [2.24, 2.45) is 11.3 Å². The van der Waals surface area contributed by atoms with Crippen LogP contribution in [0.15, 0.2) is 36.8 Å². The van der Waals surface area contributed by atoms with Crippen molar-refractivity contribution in [1.29, 1.82) is 0 Å². The molecule has 3 aromatic rings. The SMILES string of the molecule is Cc1sc(C(=O)c2cncnc2N[C@@H]2C[C@H](CO)[C@@H](O[Si](C(C)C)(C(C)C)C(C)C)C2)cc1[C@@]1(C(C)(C)C)c2cc(Cl)ccc2CCN1C(=O)O. The summed E-state index contributed by atoms with van der Waals surface area (Å²) in [5, 5.41) is 25.2. The molecule has 2 aromatic heterocycles. The van der Waals surface area contributed by atoms with Crippen molar-refractivity contribution in [3.8, 4) is 0 Å². The van der Waals surface area contributed by atoms with Crippen molar-refractivity contribution in [1.82, 2.24) is 14.9 Å². The lowest BCUT2D eigenvalue weighted by Gasteiger charge is -2.54. The second kappa shape index (κ2) is 14.9. The van der Waals surface area contributed by atoms with Crippen LogP contribution < -0.4 is 5.32 Å². The number of nitrogens with zero attached hydrogens (tertiary/aromatic N) is 3. The standard InChI is InChI=1S/C39H55ClN4O5SSi/c1-22(2)51(23(3)4,24(5)6)49-33-17-29(15-27(33)20-45)43-36-30(19-41-21-42-36)35(46)34-18-31(25(7)50-34)39(38(8,9)10)32-16-28(40)12-11-26(32)13-14-44(39)37(47)48/h11-12,16,18-19,21-24,27,29,33,45H,13-15,17,20H2,1-10H3,(H,47,48)(H,41,42,43)/t27-,29-,33+,39+/m1/s1. The maximum atomic E-state index is 14.4. The molecule has 51 heavy (non-hydrogen) atoms. The highest BCUT2D eigenvalue weighted by Crippen LogP contribution is 2.55. The number of ketones is 1. The number of thiophene rings is 1. The van der Waals surface area contributed by atoms with Gasteiger partial charge in [0.25, 0.3) is 0 Å². The van der Waals surface area contributed by atoms with Crippen molar-refractivity contribution in [2.45, 2.75) is 123 Å². The number of halogens is 1. The molecule has 0 bridgehead atoms. The van der Waals surface area contributed by atoms with E-state index in [0.29, 0.717) is 63.7 Å². The molecule has 1 aliphatic carbocycles. The molecule has 12 heteroatoms. The van der Waals surface area contributed by atoms with Crippen molar-refractivity contribution in [2.75, 3.05) is 18.5 Å². The summed E-state index contributed by atoms with van der Waals surface area (Å²) in [6.45, 7) is 22.0. The van der Waals surface area contributed by atoms with E-state index in [0.717, 1.165) is 21.6 Å². The third kappa shape index (κ3) is 6.89. The van der Waals surface area contributed by atoms with Crippen molar-refractivity contribution < 1.29 is 24.2 Å². The van der Waals surface area contributed by atoms with Gasteiger partial charge in [-0.25, -0.2) is 14.8 Å². The maximum absolute atomic E-state index is 14.4. The smallest absolute Gasteiger partial charge is 0.408 e. The monoisotopic (exact) mass is 754 g/mol. The first kappa shape index (κ1) is 39.4. The van der Waals surface area contributed by atoms with E-state index < -0.39 is 25.4 Å².